The van der Waals surface area contributed by atoms with Crippen molar-refractivity contribution < 1.29 is 13.2 Å². The van der Waals surface area contributed by atoms with E-state index >= 15 is 0 Å². The Hall–Kier alpha value is -4.95. The van der Waals surface area contributed by atoms with Gasteiger partial charge < -0.3 is 4.74 Å². The van der Waals surface area contributed by atoms with Crippen LogP contribution in [0.2, 0.25) is 0 Å². The third-order valence-corrected chi connectivity index (χ3v) is 11.2. The molecular weight excluding hydrogens is 651 g/mol. The van der Waals surface area contributed by atoms with E-state index in [9.17, 15) is 8.42 Å². The monoisotopic (exact) mass is 677 g/mol. The molecule has 0 saturated carbocycles. The van der Waals surface area contributed by atoms with Gasteiger partial charge in [0.2, 0.25) is 15.2 Å². The summed E-state index contributed by atoms with van der Waals surface area (Å²) in [5, 5.41) is 11.3. The van der Waals surface area contributed by atoms with Gasteiger partial charge in [-0.3, -0.25) is 9.55 Å². The van der Waals surface area contributed by atoms with Crippen LogP contribution in [0.5, 0.6) is 5.75 Å². The van der Waals surface area contributed by atoms with Crippen molar-refractivity contribution in [3.63, 3.8) is 0 Å². The Morgan fingerprint density at radius 2 is 1.62 bits per heavy atom. The predicted molar refractivity (Wildman–Crippen MR) is 184 cm³/mol. The number of thiophene rings is 1. The van der Waals surface area contributed by atoms with E-state index in [4.69, 9.17) is 14.7 Å². The molecule has 0 unspecified atom stereocenters. The first-order valence-electron chi connectivity index (χ1n) is 14.4. The highest BCUT2D eigenvalue weighted by molar-refractivity contribution is 7.99. The summed E-state index contributed by atoms with van der Waals surface area (Å²) in [7, 11) is 0.934. The molecule has 4 aromatic heterocycles. The van der Waals surface area contributed by atoms with Crippen LogP contribution in [0.1, 0.15) is 0 Å². The maximum atomic E-state index is 13.0. The zero-order valence-corrected chi connectivity index (χ0v) is 27.9. The predicted octanol–water partition coefficient (Wildman–Crippen LogP) is 7.08. The van der Waals surface area contributed by atoms with Crippen molar-refractivity contribution in [1.82, 2.24) is 34.0 Å². The number of fused-ring (bicyclic) bond motifs is 1. The summed E-state index contributed by atoms with van der Waals surface area (Å²) in [6.07, 6.45) is 3.46. The average molecular weight is 678 g/mol. The first kappa shape index (κ1) is 30.7. The Labute approximate surface area is 279 Å². The normalized spacial score (nSPS) is 11.7. The lowest BCUT2D eigenvalue weighted by Gasteiger charge is -2.14. The number of ether oxygens (including phenoxy) is 1. The van der Waals surface area contributed by atoms with Crippen LogP contribution in [0.25, 0.3) is 49.1 Å². The van der Waals surface area contributed by atoms with E-state index in [1.54, 1.807) is 49.0 Å². The number of pyridine rings is 1. The molecule has 3 aromatic carbocycles. The second-order valence-electron chi connectivity index (χ2n) is 10.5. The average Bonchev–Trinajstić information content (AvgIpc) is 3.74. The molecule has 0 aliphatic heterocycles. The van der Waals surface area contributed by atoms with Gasteiger partial charge in [-0.25, -0.2) is 22.7 Å². The molecule has 0 amide bonds. The summed E-state index contributed by atoms with van der Waals surface area (Å²) in [5.41, 5.74) is 3.20. The minimum atomic E-state index is -3.68. The van der Waals surface area contributed by atoms with Gasteiger partial charge in [-0.15, -0.1) is 21.5 Å². The Morgan fingerprint density at radius 3 is 2.38 bits per heavy atom. The quantitative estimate of drug-likeness (QED) is 0.148. The van der Waals surface area contributed by atoms with Crippen molar-refractivity contribution in [2.24, 2.45) is 0 Å². The topological polar surface area (TPSA) is 116 Å². The molecule has 0 atom stereocenters. The number of aromatic nitrogens is 6. The third kappa shape index (κ3) is 6.01. The zero-order valence-electron chi connectivity index (χ0n) is 25.5. The highest BCUT2D eigenvalue weighted by Gasteiger charge is 2.23. The summed E-state index contributed by atoms with van der Waals surface area (Å²) >= 11 is 2.95. The van der Waals surface area contributed by atoms with Gasteiger partial charge in [0.15, 0.2) is 11.6 Å². The summed E-state index contributed by atoms with van der Waals surface area (Å²) in [5.74, 6) is 1.66. The van der Waals surface area contributed by atoms with E-state index in [1.165, 1.54) is 30.2 Å². The van der Waals surface area contributed by atoms with Crippen LogP contribution in [0, 0.1) is 0 Å². The van der Waals surface area contributed by atoms with Crippen LogP contribution >= 0.6 is 23.1 Å². The molecular formula is C34H27N7O3S3. The Balaban J connectivity index is 1.42. The highest BCUT2D eigenvalue weighted by atomic mass is 32.2. The van der Waals surface area contributed by atoms with Gasteiger partial charge in [0.25, 0.3) is 0 Å². The lowest BCUT2D eigenvalue weighted by Crippen LogP contribution is -2.22. The van der Waals surface area contributed by atoms with E-state index in [0.29, 0.717) is 33.1 Å². The van der Waals surface area contributed by atoms with E-state index in [1.807, 2.05) is 65.2 Å². The summed E-state index contributed by atoms with van der Waals surface area (Å²) in [6, 6.07) is 30.3. The van der Waals surface area contributed by atoms with Crippen molar-refractivity contribution in [2.75, 3.05) is 21.2 Å². The summed E-state index contributed by atoms with van der Waals surface area (Å²) < 4.78 is 34.7. The molecule has 0 spiro atoms. The standard InChI is InChI=1S/C34H27N7O3S3/c1-40(2)47(42,43)27-16-7-12-23(18-27)31-38-39-34(41(31)25-14-8-15-26(19-25)44-3)46-33-28-20-29(22-10-5-4-6-11-22)45-32(28)36-30(37-33)24-13-9-17-35-21-24/h4-21H,1-3H3. The fourth-order valence-corrected chi connectivity index (χ4v) is 7.92. The first-order valence-corrected chi connectivity index (χ1v) is 17.5. The van der Waals surface area contributed by atoms with Gasteiger partial charge in [-0.1, -0.05) is 48.5 Å². The van der Waals surface area contributed by atoms with E-state index < -0.39 is 10.0 Å². The second kappa shape index (κ2) is 12.7. The number of nitrogens with zero attached hydrogens (tertiary/aromatic N) is 7. The van der Waals surface area contributed by atoms with Crippen LogP contribution in [-0.2, 0) is 10.0 Å². The maximum Gasteiger partial charge on any atom is 0.242 e. The molecule has 0 aliphatic rings. The minimum Gasteiger partial charge on any atom is -0.497 e. The summed E-state index contributed by atoms with van der Waals surface area (Å²) in [4.78, 5) is 16.3. The van der Waals surface area contributed by atoms with Crippen LogP contribution in [0.4, 0.5) is 0 Å². The molecule has 0 fully saturated rings. The molecule has 0 bridgehead atoms. The molecule has 0 aliphatic carbocycles. The molecule has 0 radical (unpaired) electrons. The van der Waals surface area contributed by atoms with Gasteiger partial charge in [0, 0.05) is 53.9 Å². The molecule has 0 N–H and O–H groups in total. The van der Waals surface area contributed by atoms with Crippen LogP contribution < -0.4 is 4.74 Å². The number of hydrogen-bond acceptors (Lipinski definition) is 10. The molecule has 234 valence electrons. The Kier molecular flexibility index (Phi) is 8.28. The fourth-order valence-electron chi connectivity index (χ4n) is 4.94. The molecule has 10 nitrogen and oxygen atoms in total. The third-order valence-electron chi connectivity index (χ3n) is 7.34. The Morgan fingerprint density at radius 1 is 0.830 bits per heavy atom. The molecule has 13 heteroatoms. The van der Waals surface area contributed by atoms with Crippen molar-refractivity contribution >= 4 is 43.3 Å². The summed E-state index contributed by atoms with van der Waals surface area (Å²) in [6.45, 7) is 0. The van der Waals surface area contributed by atoms with Crippen molar-refractivity contribution in [2.45, 2.75) is 15.1 Å². The number of rotatable bonds is 9. The van der Waals surface area contributed by atoms with Crippen molar-refractivity contribution in [3.8, 4) is 44.7 Å². The van der Waals surface area contributed by atoms with Crippen LogP contribution in [0.3, 0.4) is 0 Å². The highest BCUT2D eigenvalue weighted by Crippen LogP contribution is 2.41. The molecule has 7 rings (SSSR count). The maximum absolute atomic E-state index is 13.0. The van der Waals surface area contributed by atoms with E-state index in [0.717, 1.165) is 31.9 Å². The van der Waals surface area contributed by atoms with Gasteiger partial charge in [0.1, 0.15) is 15.6 Å². The van der Waals surface area contributed by atoms with Crippen molar-refractivity contribution in [3.05, 3.63) is 109 Å². The lowest BCUT2D eigenvalue weighted by atomic mass is 10.2. The van der Waals surface area contributed by atoms with E-state index in [2.05, 4.69) is 33.4 Å². The number of methoxy groups -OCH3 is 1. The van der Waals surface area contributed by atoms with Crippen molar-refractivity contribution in [1.29, 1.82) is 0 Å². The molecule has 4 heterocycles. The smallest absolute Gasteiger partial charge is 0.242 e. The number of sulfonamides is 1. The van der Waals surface area contributed by atoms with Gasteiger partial charge in [0.05, 0.1) is 17.7 Å². The largest absolute Gasteiger partial charge is 0.497 e. The Bertz CT molecular complexity index is 2320. The zero-order chi connectivity index (χ0) is 32.5. The number of hydrogen-bond donors (Lipinski definition) is 0. The van der Waals surface area contributed by atoms with Gasteiger partial charge in [-0.05, 0) is 59.8 Å². The van der Waals surface area contributed by atoms with Gasteiger partial charge in [-0.2, -0.15) is 0 Å². The molecule has 47 heavy (non-hydrogen) atoms. The molecule has 7 aromatic rings. The fraction of sp³-hybridized carbons (Fsp3) is 0.0882. The SMILES string of the molecule is COc1cccc(-n2c(Sc3nc(-c4cccnc4)nc4sc(-c5ccccc5)cc34)nnc2-c2cccc(S(=O)(=O)N(C)C)c2)c1. The second-order valence-corrected chi connectivity index (χ2v) is 14.7. The molecule has 0 saturated heterocycles. The van der Waals surface area contributed by atoms with E-state index in [-0.39, 0.29) is 4.90 Å². The first-order chi connectivity index (χ1) is 22.8. The lowest BCUT2D eigenvalue weighted by molar-refractivity contribution is 0.414. The number of benzene rings is 3. The minimum absolute atomic E-state index is 0.153. The van der Waals surface area contributed by atoms with Crippen LogP contribution in [-0.4, -0.2) is 63.6 Å². The van der Waals surface area contributed by atoms with Gasteiger partial charge >= 0.3 is 0 Å². The van der Waals surface area contributed by atoms with Crippen LogP contribution in [0.15, 0.2) is 125 Å².